The van der Waals surface area contributed by atoms with Crippen LogP contribution in [0.1, 0.15) is 0 Å². The highest BCUT2D eigenvalue weighted by Crippen LogP contribution is 2.03. The summed E-state index contributed by atoms with van der Waals surface area (Å²) in [7, 11) is 0. The van der Waals surface area contributed by atoms with E-state index in [1.165, 1.54) is 0 Å². The second-order valence-corrected chi connectivity index (χ2v) is 4.07. The van der Waals surface area contributed by atoms with Crippen molar-refractivity contribution in [2.24, 2.45) is 0 Å². The SMILES string of the molecule is C=C(C(=O)O)N(CCN(CC(=O)O)CC(=O)O)CC(=O)O. The van der Waals surface area contributed by atoms with Crippen molar-refractivity contribution in [3.63, 3.8) is 0 Å². The summed E-state index contributed by atoms with van der Waals surface area (Å²) in [6.45, 7) is 1.13. The van der Waals surface area contributed by atoms with Gasteiger partial charge < -0.3 is 25.3 Å². The van der Waals surface area contributed by atoms with Gasteiger partial charge in [0.15, 0.2) is 0 Å². The van der Waals surface area contributed by atoms with Crippen LogP contribution in [0.15, 0.2) is 12.3 Å². The first-order valence-corrected chi connectivity index (χ1v) is 5.68. The van der Waals surface area contributed by atoms with Crippen LogP contribution in [0.5, 0.6) is 0 Å². The Morgan fingerprint density at radius 1 is 0.762 bits per heavy atom. The topological polar surface area (TPSA) is 156 Å². The van der Waals surface area contributed by atoms with E-state index in [9.17, 15) is 19.2 Å². The molecular formula is C11H16N2O8. The summed E-state index contributed by atoms with van der Waals surface area (Å²) in [5, 5.41) is 34.8. The fourth-order valence-corrected chi connectivity index (χ4v) is 1.47. The molecule has 118 valence electrons. The van der Waals surface area contributed by atoms with Gasteiger partial charge in [-0.25, -0.2) is 4.79 Å². The van der Waals surface area contributed by atoms with Gasteiger partial charge in [0.25, 0.3) is 0 Å². The van der Waals surface area contributed by atoms with Gasteiger partial charge in [-0.05, 0) is 0 Å². The molecule has 0 aromatic rings. The lowest BCUT2D eigenvalue weighted by Gasteiger charge is -2.26. The van der Waals surface area contributed by atoms with Crippen LogP contribution >= 0.6 is 0 Å². The predicted octanol–water partition coefficient (Wildman–Crippen LogP) is -1.56. The third kappa shape index (κ3) is 8.21. The van der Waals surface area contributed by atoms with E-state index in [4.69, 9.17) is 20.4 Å². The van der Waals surface area contributed by atoms with E-state index < -0.39 is 49.2 Å². The van der Waals surface area contributed by atoms with E-state index in [1.807, 2.05) is 0 Å². The molecule has 0 aliphatic heterocycles. The Bertz CT molecular complexity index is 432. The molecule has 0 saturated heterocycles. The number of aliphatic carboxylic acids is 4. The quantitative estimate of drug-likeness (QED) is 0.329. The van der Waals surface area contributed by atoms with Gasteiger partial charge in [-0.15, -0.1) is 0 Å². The van der Waals surface area contributed by atoms with Crippen LogP contribution in [-0.4, -0.2) is 86.8 Å². The maximum absolute atomic E-state index is 10.8. The molecule has 0 unspecified atom stereocenters. The fraction of sp³-hybridized carbons (Fsp3) is 0.455. The van der Waals surface area contributed by atoms with Crippen molar-refractivity contribution in [2.75, 3.05) is 32.7 Å². The second kappa shape index (κ2) is 8.53. The van der Waals surface area contributed by atoms with Gasteiger partial charge in [0, 0.05) is 13.1 Å². The number of carbonyl (C=O) groups is 4. The second-order valence-electron chi connectivity index (χ2n) is 4.07. The molecule has 0 aromatic heterocycles. The molecule has 0 fully saturated rings. The van der Waals surface area contributed by atoms with Crippen LogP contribution in [-0.2, 0) is 19.2 Å². The van der Waals surface area contributed by atoms with Crippen molar-refractivity contribution in [3.8, 4) is 0 Å². The van der Waals surface area contributed by atoms with E-state index >= 15 is 0 Å². The Morgan fingerprint density at radius 3 is 1.52 bits per heavy atom. The molecule has 10 heteroatoms. The summed E-state index contributed by atoms with van der Waals surface area (Å²) in [5.74, 6) is -5.21. The average molecular weight is 304 g/mol. The van der Waals surface area contributed by atoms with Crippen molar-refractivity contribution < 1.29 is 39.6 Å². The zero-order chi connectivity index (χ0) is 16.6. The van der Waals surface area contributed by atoms with Crippen LogP contribution in [0.4, 0.5) is 0 Å². The Balaban J connectivity index is 4.76. The lowest BCUT2D eigenvalue weighted by molar-refractivity contribution is -0.143. The van der Waals surface area contributed by atoms with Crippen molar-refractivity contribution in [1.82, 2.24) is 9.80 Å². The largest absolute Gasteiger partial charge is 0.480 e. The number of hydrogen-bond acceptors (Lipinski definition) is 6. The van der Waals surface area contributed by atoms with Gasteiger partial charge >= 0.3 is 23.9 Å². The summed E-state index contributed by atoms with van der Waals surface area (Å²) in [6, 6.07) is 0. The Kier molecular flexibility index (Phi) is 7.47. The van der Waals surface area contributed by atoms with Gasteiger partial charge in [-0.3, -0.25) is 19.3 Å². The summed E-state index contributed by atoms with van der Waals surface area (Å²) >= 11 is 0. The molecule has 0 amide bonds. The first kappa shape index (κ1) is 18.4. The highest BCUT2D eigenvalue weighted by molar-refractivity contribution is 5.86. The summed E-state index contributed by atoms with van der Waals surface area (Å²) < 4.78 is 0. The number of hydrogen-bond donors (Lipinski definition) is 4. The first-order valence-electron chi connectivity index (χ1n) is 5.68. The summed E-state index contributed by atoms with van der Waals surface area (Å²) in [6.07, 6.45) is 0. The molecule has 0 aliphatic carbocycles. The zero-order valence-corrected chi connectivity index (χ0v) is 11.1. The van der Waals surface area contributed by atoms with Crippen LogP contribution in [0.3, 0.4) is 0 Å². The monoisotopic (exact) mass is 304 g/mol. The van der Waals surface area contributed by atoms with Crippen LogP contribution in [0.25, 0.3) is 0 Å². The van der Waals surface area contributed by atoms with Crippen molar-refractivity contribution in [3.05, 3.63) is 12.3 Å². The van der Waals surface area contributed by atoms with E-state index in [0.29, 0.717) is 0 Å². The Morgan fingerprint density at radius 2 is 1.19 bits per heavy atom. The van der Waals surface area contributed by atoms with E-state index in [0.717, 1.165) is 9.80 Å². The number of rotatable bonds is 11. The fourth-order valence-electron chi connectivity index (χ4n) is 1.47. The molecule has 0 bridgehead atoms. The van der Waals surface area contributed by atoms with Crippen molar-refractivity contribution in [2.45, 2.75) is 0 Å². The third-order valence-electron chi connectivity index (χ3n) is 2.36. The smallest absolute Gasteiger partial charge is 0.351 e. The molecule has 21 heavy (non-hydrogen) atoms. The maximum atomic E-state index is 10.8. The number of nitrogens with zero attached hydrogens (tertiary/aromatic N) is 2. The van der Waals surface area contributed by atoms with E-state index in [1.54, 1.807) is 0 Å². The molecule has 0 rings (SSSR count). The molecule has 4 N–H and O–H groups in total. The van der Waals surface area contributed by atoms with Gasteiger partial charge in [-0.1, -0.05) is 6.58 Å². The van der Waals surface area contributed by atoms with Crippen molar-refractivity contribution in [1.29, 1.82) is 0 Å². The summed E-state index contributed by atoms with van der Waals surface area (Å²) in [4.78, 5) is 44.6. The van der Waals surface area contributed by atoms with Crippen molar-refractivity contribution >= 4 is 23.9 Å². The molecule has 0 aliphatic rings. The number of carboxylic acid groups (broad SMARTS) is 4. The minimum absolute atomic E-state index is 0.141. The minimum Gasteiger partial charge on any atom is -0.480 e. The lowest BCUT2D eigenvalue weighted by Crippen LogP contribution is -2.42. The maximum Gasteiger partial charge on any atom is 0.351 e. The molecule has 0 aromatic carbocycles. The van der Waals surface area contributed by atoms with E-state index in [2.05, 4.69) is 6.58 Å². The molecule has 0 saturated carbocycles. The predicted molar refractivity (Wildman–Crippen MR) is 67.7 cm³/mol. The zero-order valence-electron chi connectivity index (χ0n) is 11.1. The lowest BCUT2D eigenvalue weighted by atomic mass is 10.3. The van der Waals surface area contributed by atoms with Gasteiger partial charge in [0.1, 0.15) is 12.2 Å². The van der Waals surface area contributed by atoms with Crippen LogP contribution in [0, 0.1) is 0 Å². The van der Waals surface area contributed by atoms with Gasteiger partial charge in [0.2, 0.25) is 0 Å². The molecular weight excluding hydrogens is 288 g/mol. The highest BCUT2D eigenvalue weighted by Gasteiger charge is 2.20. The highest BCUT2D eigenvalue weighted by atomic mass is 16.4. The Labute approximate surface area is 119 Å². The van der Waals surface area contributed by atoms with Crippen LogP contribution in [0.2, 0.25) is 0 Å². The minimum atomic E-state index is -1.42. The molecule has 0 spiro atoms. The van der Waals surface area contributed by atoms with E-state index in [-0.39, 0.29) is 13.1 Å². The molecule has 0 heterocycles. The first-order chi connectivity index (χ1) is 9.63. The molecule has 10 nitrogen and oxygen atoms in total. The normalized spacial score (nSPS) is 10.1. The van der Waals surface area contributed by atoms with Gasteiger partial charge in [-0.2, -0.15) is 0 Å². The average Bonchev–Trinajstić information content (AvgIpc) is 2.31. The summed E-state index contributed by atoms with van der Waals surface area (Å²) in [5.41, 5.74) is -0.469. The number of carboxylic acids is 4. The molecule has 0 atom stereocenters. The standard InChI is InChI=1S/C11H16N2O8/c1-7(11(20)21)13(6-10(18)19)3-2-12(4-8(14)15)5-9(16)17/h1-6H2,(H,14,15)(H,16,17)(H,18,19)(H,20,21). The van der Waals surface area contributed by atoms with Gasteiger partial charge in [0.05, 0.1) is 13.1 Å². The Hall–Kier alpha value is -2.62. The van der Waals surface area contributed by atoms with Crippen LogP contribution < -0.4 is 0 Å². The third-order valence-corrected chi connectivity index (χ3v) is 2.36. The molecule has 0 radical (unpaired) electrons.